The van der Waals surface area contributed by atoms with Gasteiger partial charge in [0.25, 0.3) is 0 Å². The van der Waals surface area contributed by atoms with Crippen molar-refractivity contribution in [3.63, 3.8) is 0 Å². The number of nitrogens with zero attached hydrogens (tertiary/aromatic N) is 3. The zero-order valence-electron chi connectivity index (χ0n) is 11.5. The van der Waals surface area contributed by atoms with Crippen LogP contribution in [0.15, 0.2) is 5.16 Å². The number of aromatic nitrogens is 3. The molecule has 0 aromatic carbocycles. The number of aromatic amines is 1. The van der Waals surface area contributed by atoms with Crippen molar-refractivity contribution in [1.82, 2.24) is 20.1 Å². The van der Waals surface area contributed by atoms with Crippen LogP contribution in [0.5, 0.6) is 0 Å². The van der Waals surface area contributed by atoms with Crippen LogP contribution in [0.3, 0.4) is 0 Å². The molecule has 110 valence electrons. The van der Waals surface area contributed by atoms with E-state index < -0.39 is 0 Å². The van der Waals surface area contributed by atoms with Crippen LogP contribution in [0, 0.1) is 11.8 Å². The zero-order chi connectivity index (χ0) is 13.9. The zero-order valence-corrected chi connectivity index (χ0v) is 12.4. The third-order valence-electron chi connectivity index (χ3n) is 4.45. The first kappa shape index (κ1) is 13.7. The molecule has 2 aliphatic rings. The van der Waals surface area contributed by atoms with Gasteiger partial charge in [0.2, 0.25) is 17.0 Å². The van der Waals surface area contributed by atoms with E-state index >= 15 is 0 Å². The molecule has 2 fully saturated rings. The molecule has 20 heavy (non-hydrogen) atoms. The van der Waals surface area contributed by atoms with Crippen molar-refractivity contribution in [3.8, 4) is 0 Å². The van der Waals surface area contributed by atoms with Gasteiger partial charge in [-0.3, -0.25) is 4.79 Å². The molecule has 1 saturated heterocycles. The predicted octanol–water partition coefficient (Wildman–Crippen LogP) is 1.52. The smallest absolute Gasteiger partial charge is 0.233 e. The maximum atomic E-state index is 12.3. The van der Waals surface area contributed by atoms with Crippen LogP contribution in [-0.2, 0) is 4.79 Å². The molecule has 3 rings (SSSR count). The van der Waals surface area contributed by atoms with Crippen molar-refractivity contribution in [1.29, 1.82) is 0 Å². The molecule has 2 atom stereocenters. The van der Waals surface area contributed by atoms with Gasteiger partial charge in [0.05, 0.1) is 5.75 Å². The van der Waals surface area contributed by atoms with Crippen molar-refractivity contribution < 1.29 is 4.79 Å². The first-order valence-electron chi connectivity index (χ1n) is 7.31. The molecule has 7 heteroatoms. The van der Waals surface area contributed by atoms with Crippen LogP contribution in [-0.4, -0.2) is 44.8 Å². The Bertz CT molecular complexity index is 477. The number of rotatable bonds is 3. The molecule has 3 N–H and O–H groups in total. The van der Waals surface area contributed by atoms with Crippen molar-refractivity contribution in [3.05, 3.63) is 0 Å². The fourth-order valence-corrected chi connectivity index (χ4v) is 4.08. The van der Waals surface area contributed by atoms with E-state index in [4.69, 9.17) is 5.73 Å². The third kappa shape index (κ3) is 3.08. The van der Waals surface area contributed by atoms with Crippen molar-refractivity contribution in [2.75, 3.05) is 24.6 Å². The monoisotopic (exact) mass is 295 g/mol. The molecule has 0 bridgehead atoms. The lowest BCUT2D eigenvalue weighted by atomic mass is 9.75. The second kappa shape index (κ2) is 6.03. The Morgan fingerprint density at radius 2 is 2.15 bits per heavy atom. The Labute approximate surface area is 122 Å². The summed E-state index contributed by atoms with van der Waals surface area (Å²) in [5.41, 5.74) is 5.46. The highest BCUT2D eigenvalue weighted by atomic mass is 32.2. The van der Waals surface area contributed by atoms with Gasteiger partial charge in [0.1, 0.15) is 0 Å². The Kier molecular flexibility index (Phi) is 4.14. The molecule has 1 saturated carbocycles. The minimum atomic E-state index is 0.197. The van der Waals surface area contributed by atoms with Crippen LogP contribution in [0.2, 0.25) is 0 Å². The Morgan fingerprint density at radius 3 is 2.90 bits per heavy atom. The first-order valence-corrected chi connectivity index (χ1v) is 8.29. The SMILES string of the molecule is Nc1nc(SCC(=O)N2CC[C@H]3CCCC[C@@H]3C2)n[nH]1. The van der Waals surface area contributed by atoms with E-state index in [-0.39, 0.29) is 5.91 Å². The number of nitrogens with one attached hydrogen (secondary N) is 1. The number of nitrogens with two attached hydrogens (primary N) is 1. The molecule has 0 spiro atoms. The highest BCUT2D eigenvalue weighted by Crippen LogP contribution is 2.36. The molecule has 0 radical (unpaired) electrons. The fraction of sp³-hybridized carbons (Fsp3) is 0.769. The van der Waals surface area contributed by atoms with Crippen molar-refractivity contribution in [2.24, 2.45) is 11.8 Å². The molecule has 1 aliphatic heterocycles. The minimum absolute atomic E-state index is 0.197. The summed E-state index contributed by atoms with van der Waals surface area (Å²) in [5.74, 6) is 2.47. The Hall–Kier alpha value is -1.24. The second-order valence-electron chi connectivity index (χ2n) is 5.72. The van der Waals surface area contributed by atoms with E-state index in [0.717, 1.165) is 24.9 Å². The summed E-state index contributed by atoms with van der Waals surface area (Å²) < 4.78 is 0. The predicted molar refractivity (Wildman–Crippen MR) is 78.2 cm³/mol. The van der Waals surface area contributed by atoms with Crippen LogP contribution in [0.1, 0.15) is 32.1 Å². The summed E-state index contributed by atoms with van der Waals surface area (Å²) in [6, 6.07) is 0. The van der Waals surface area contributed by atoms with E-state index in [1.54, 1.807) is 0 Å². The number of nitrogen functional groups attached to an aromatic ring is 1. The van der Waals surface area contributed by atoms with Crippen LogP contribution >= 0.6 is 11.8 Å². The molecule has 1 aromatic heterocycles. The van der Waals surface area contributed by atoms with Crippen LogP contribution in [0.25, 0.3) is 0 Å². The molecular formula is C13H21N5OS. The highest BCUT2D eigenvalue weighted by Gasteiger charge is 2.32. The van der Waals surface area contributed by atoms with E-state index in [1.165, 1.54) is 43.9 Å². The number of anilines is 1. The summed E-state index contributed by atoms with van der Waals surface area (Å²) in [7, 11) is 0. The molecule has 1 aromatic rings. The highest BCUT2D eigenvalue weighted by molar-refractivity contribution is 7.99. The third-order valence-corrected chi connectivity index (χ3v) is 5.28. The molecule has 1 amide bonds. The van der Waals surface area contributed by atoms with Gasteiger partial charge in [-0.15, -0.1) is 5.10 Å². The summed E-state index contributed by atoms with van der Waals surface area (Å²) in [6.45, 7) is 1.86. The van der Waals surface area contributed by atoms with Gasteiger partial charge in [-0.1, -0.05) is 31.0 Å². The van der Waals surface area contributed by atoms with E-state index in [1.807, 2.05) is 4.90 Å². The normalized spacial score (nSPS) is 26.3. The lowest BCUT2D eigenvalue weighted by Crippen LogP contribution is -2.45. The van der Waals surface area contributed by atoms with Gasteiger partial charge in [0.15, 0.2) is 0 Å². The molecule has 2 heterocycles. The number of hydrogen-bond acceptors (Lipinski definition) is 5. The van der Waals surface area contributed by atoms with Crippen LogP contribution < -0.4 is 5.73 Å². The number of thioether (sulfide) groups is 1. The lowest BCUT2D eigenvalue weighted by Gasteiger charge is -2.41. The summed E-state index contributed by atoms with van der Waals surface area (Å²) in [6.07, 6.45) is 6.53. The van der Waals surface area contributed by atoms with Gasteiger partial charge < -0.3 is 10.6 Å². The van der Waals surface area contributed by atoms with Gasteiger partial charge in [-0.25, -0.2) is 5.10 Å². The van der Waals surface area contributed by atoms with Crippen LogP contribution in [0.4, 0.5) is 5.95 Å². The standard InChI is InChI=1S/C13H21N5OS/c14-12-15-13(17-16-12)20-8-11(19)18-6-5-9-3-1-2-4-10(9)7-18/h9-10H,1-8H2,(H3,14,15,16,17)/t9-,10-/m1/s1. The second-order valence-corrected chi connectivity index (χ2v) is 6.67. The van der Waals surface area contributed by atoms with Gasteiger partial charge >= 0.3 is 0 Å². The van der Waals surface area contributed by atoms with Crippen molar-refractivity contribution in [2.45, 2.75) is 37.3 Å². The first-order chi connectivity index (χ1) is 9.72. The van der Waals surface area contributed by atoms with E-state index in [9.17, 15) is 4.79 Å². The minimum Gasteiger partial charge on any atom is -0.368 e. The largest absolute Gasteiger partial charge is 0.368 e. The summed E-state index contributed by atoms with van der Waals surface area (Å²) in [5, 5.41) is 7.05. The fourth-order valence-electron chi connectivity index (χ4n) is 3.37. The maximum Gasteiger partial charge on any atom is 0.233 e. The number of piperidine rings is 1. The number of amides is 1. The maximum absolute atomic E-state index is 12.3. The topological polar surface area (TPSA) is 87.9 Å². The quantitative estimate of drug-likeness (QED) is 0.825. The molecule has 6 nitrogen and oxygen atoms in total. The number of likely N-dealkylation sites (tertiary alicyclic amines) is 1. The molecular weight excluding hydrogens is 274 g/mol. The number of carbonyl (C=O) groups excluding carboxylic acids is 1. The van der Waals surface area contributed by atoms with Gasteiger partial charge in [-0.05, 0) is 24.7 Å². The summed E-state index contributed by atoms with van der Waals surface area (Å²) in [4.78, 5) is 18.3. The van der Waals surface area contributed by atoms with E-state index in [2.05, 4.69) is 15.2 Å². The average molecular weight is 295 g/mol. The van der Waals surface area contributed by atoms with Crippen molar-refractivity contribution >= 4 is 23.6 Å². The Balaban J connectivity index is 1.50. The summed E-state index contributed by atoms with van der Waals surface area (Å²) >= 11 is 1.35. The van der Waals surface area contributed by atoms with Gasteiger partial charge in [-0.2, -0.15) is 4.98 Å². The number of hydrogen-bond donors (Lipinski definition) is 2. The van der Waals surface area contributed by atoms with Gasteiger partial charge in [0, 0.05) is 13.1 Å². The lowest BCUT2D eigenvalue weighted by molar-refractivity contribution is -0.131. The number of carbonyl (C=O) groups is 1. The average Bonchev–Trinajstić information content (AvgIpc) is 2.90. The number of H-pyrrole nitrogens is 1. The Morgan fingerprint density at radius 1 is 1.35 bits per heavy atom. The molecule has 1 aliphatic carbocycles. The molecule has 0 unspecified atom stereocenters. The van der Waals surface area contributed by atoms with E-state index in [0.29, 0.717) is 16.9 Å². The number of fused-ring (bicyclic) bond motifs is 1.